The summed E-state index contributed by atoms with van der Waals surface area (Å²) in [5, 5.41) is 6.14. The van der Waals surface area contributed by atoms with E-state index < -0.39 is 0 Å². The van der Waals surface area contributed by atoms with Crippen molar-refractivity contribution in [3.05, 3.63) is 70.8 Å². The van der Waals surface area contributed by atoms with Gasteiger partial charge < -0.3 is 20.1 Å². The molecule has 0 saturated carbocycles. The van der Waals surface area contributed by atoms with Crippen molar-refractivity contribution in [3.8, 4) is 0 Å². The number of fused-ring (bicyclic) bond motifs is 1. The van der Waals surface area contributed by atoms with Gasteiger partial charge in [-0.15, -0.1) is 0 Å². The van der Waals surface area contributed by atoms with Gasteiger partial charge in [0.1, 0.15) is 0 Å². The summed E-state index contributed by atoms with van der Waals surface area (Å²) in [5.74, 6) is 0.336. The van der Waals surface area contributed by atoms with Crippen LogP contribution in [0, 0.1) is 0 Å². The molecule has 4 rings (SSSR count). The molecule has 2 aliphatic rings. The first-order valence-corrected chi connectivity index (χ1v) is 10.6. The maximum Gasteiger partial charge on any atom is 0.315 e. The monoisotopic (exact) mass is 394 g/mol. The first-order chi connectivity index (χ1) is 14.2. The van der Waals surface area contributed by atoms with Crippen molar-refractivity contribution in [2.75, 3.05) is 13.2 Å². The van der Waals surface area contributed by atoms with Crippen molar-refractivity contribution in [1.29, 1.82) is 0 Å². The van der Waals surface area contributed by atoms with Crippen LogP contribution in [0.3, 0.4) is 0 Å². The number of carbonyl (C=O) groups is 1. The molecule has 2 amide bonds. The maximum absolute atomic E-state index is 12.4. The summed E-state index contributed by atoms with van der Waals surface area (Å²) in [6, 6.07) is 16.7. The second kappa shape index (κ2) is 9.42. The third-order valence-electron chi connectivity index (χ3n) is 6.00. The summed E-state index contributed by atoms with van der Waals surface area (Å²) in [5.41, 5.74) is 4.89. The minimum Gasteiger partial charge on any atom is -0.381 e. The van der Waals surface area contributed by atoms with Gasteiger partial charge in [-0.2, -0.15) is 0 Å². The number of hydrogen-bond donors (Lipinski definition) is 2. The molecule has 2 aromatic carbocycles. The van der Waals surface area contributed by atoms with Crippen LogP contribution in [0.1, 0.15) is 47.9 Å². The summed E-state index contributed by atoms with van der Waals surface area (Å²) in [4.78, 5) is 12.4. The largest absolute Gasteiger partial charge is 0.381 e. The van der Waals surface area contributed by atoms with Crippen LogP contribution >= 0.6 is 0 Å². The molecule has 2 aromatic rings. The van der Waals surface area contributed by atoms with E-state index in [2.05, 4.69) is 54.0 Å². The maximum atomic E-state index is 12.4. The van der Waals surface area contributed by atoms with E-state index in [9.17, 15) is 4.79 Å². The summed E-state index contributed by atoms with van der Waals surface area (Å²) < 4.78 is 11.4. The number of hydrogen-bond acceptors (Lipinski definition) is 3. The highest BCUT2D eigenvalue weighted by atomic mass is 16.5. The first kappa shape index (κ1) is 19.9. The van der Waals surface area contributed by atoms with Crippen molar-refractivity contribution < 1.29 is 14.3 Å². The molecule has 29 heavy (non-hydrogen) atoms. The summed E-state index contributed by atoms with van der Waals surface area (Å²) in [6.07, 6.45) is 3.10. The van der Waals surface area contributed by atoms with Gasteiger partial charge in [-0.05, 0) is 41.5 Å². The third-order valence-corrected chi connectivity index (χ3v) is 6.00. The Labute approximate surface area is 172 Å². The zero-order chi connectivity index (χ0) is 20.1. The van der Waals surface area contributed by atoms with E-state index in [-0.39, 0.29) is 18.2 Å². The molecular weight excluding hydrogens is 364 g/mol. The number of nitrogens with one attached hydrogen (secondary N) is 2. The molecule has 1 heterocycles. The molecule has 2 N–H and O–H groups in total. The fourth-order valence-corrected chi connectivity index (χ4v) is 4.26. The molecule has 1 saturated heterocycles. The molecule has 5 heteroatoms. The van der Waals surface area contributed by atoms with E-state index in [4.69, 9.17) is 9.47 Å². The third kappa shape index (κ3) is 5.17. The standard InChI is InChI=1S/C24H30N2O3/c1-17-22-8-3-2-7-20(22)14-23(17)26-24(27)25-15-18-5-4-6-19(13-18)16-29-21-9-11-28-12-10-21/h2-8,13,17,21,23H,9-12,14-16H2,1H3,(H2,25,26,27)/t17-,23+/m0/s1. The molecule has 0 spiro atoms. The van der Waals surface area contributed by atoms with Gasteiger partial charge in [0.05, 0.1) is 12.7 Å². The van der Waals surface area contributed by atoms with Crippen molar-refractivity contribution in [2.45, 2.75) is 57.4 Å². The van der Waals surface area contributed by atoms with E-state index >= 15 is 0 Å². The smallest absolute Gasteiger partial charge is 0.315 e. The van der Waals surface area contributed by atoms with Crippen LogP contribution in [-0.4, -0.2) is 31.4 Å². The minimum absolute atomic E-state index is 0.112. The van der Waals surface area contributed by atoms with Gasteiger partial charge >= 0.3 is 6.03 Å². The Morgan fingerprint density at radius 2 is 1.90 bits per heavy atom. The molecular formula is C24H30N2O3. The van der Waals surface area contributed by atoms with Gasteiger partial charge in [-0.1, -0.05) is 55.5 Å². The Morgan fingerprint density at radius 3 is 2.72 bits per heavy atom. The normalized spacial score (nSPS) is 21.6. The molecule has 1 fully saturated rings. The zero-order valence-corrected chi connectivity index (χ0v) is 17.0. The Kier molecular flexibility index (Phi) is 6.47. The second-order valence-electron chi connectivity index (χ2n) is 8.07. The van der Waals surface area contributed by atoms with Gasteiger partial charge in [0.25, 0.3) is 0 Å². The lowest BCUT2D eigenvalue weighted by molar-refractivity contribution is -0.0390. The molecule has 2 atom stereocenters. The molecule has 0 aromatic heterocycles. The highest BCUT2D eigenvalue weighted by molar-refractivity contribution is 5.74. The van der Waals surface area contributed by atoms with Crippen molar-refractivity contribution >= 4 is 6.03 Å². The Morgan fingerprint density at radius 1 is 1.10 bits per heavy atom. The van der Waals surface area contributed by atoms with Crippen LogP contribution in [-0.2, 0) is 29.0 Å². The highest BCUT2D eigenvalue weighted by Gasteiger charge is 2.29. The fourth-order valence-electron chi connectivity index (χ4n) is 4.26. The van der Waals surface area contributed by atoms with Crippen LogP contribution in [0.4, 0.5) is 4.79 Å². The van der Waals surface area contributed by atoms with Gasteiger partial charge in [0.15, 0.2) is 0 Å². The van der Waals surface area contributed by atoms with Gasteiger partial charge in [0, 0.05) is 31.7 Å². The number of carbonyl (C=O) groups excluding carboxylic acids is 1. The predicted molar refractivity (Wildman–Crippen MR) is 113 cm³/mol. The van der Waals surface area contributed by atoms with Crippen LogP contribution in [0.2, 0.25) is 0 Å². The van der Waals surface area contributed by atoms with Crippen molar-refractivity contribution in [2.24, 2.45) is 0 Å². The number of benzene rings is 2. The van der Waals surface area contributed by atoms with E-state index in [1.54, 1.807) is 0 Å². The molecule has 1 aliphatic carbocycles. The number of urea groups is 1. The van der Waals surface area contributed by atoms with E-state index in [1.807, 2.05) is 12.1 Å². The number of amides is 2. The average molecular weight is 395 g/mol. The minimum atomic E-state index is -0.112. The van der Waals surface area contributed by atoms with Gasteiger partial charge in [0.2, 0.25) is 0 Å². The van der Waals surface area contributed by atoms with Gasteiger partial charge in [-0.3, -0.25) is 0 Å². The SMILES string of the molecule is C[C@H]1c2ccccc2C[C@H]1NC(=O)NCc1cccc(COC2CCOCC2)c1. The molecule has 154 valence electrons. The Bertz CT molecular complexity index is 832. The quantitative estimate of drug-likeness (QED) is 0.781. The van der Waals surface area contributed by atoms with E-state index in [0.717, 1.165) is 43.6 Å². The molecule has 0 radical (unpaired) electrons. The lowest BCUT2D eigenvalue weighted by atomic mass is 10.0. The molecule has 1 aliphatic heterocycles. The number of rotatable bonds is 6. The lowest BCUT2D eigenvalue weighted by Crippen LogP contribution is -2.43. The zero-order valence-electron chi connectivity index (χ0n) is 17.0. The summed E-state index contributed by atoms with van der Waals surface area (Å²) >= 11 is 0. The van der Waals surface area contributed by atoms with E-state index in [1.165, 1.54) is 11.1 Å². The fraction of sp³-hybridized carbons (Fsp3) is 0.458. The second-order valence-corrected chi connectivity index (χ2v) is 8.07. The molecule has 5 nitrogen and oxygen atoms in total. The van der Waals surface area contributed by atoms with E-state index in [0.29, 0.717) is 19.1 Å². The summed E-state index contributed by atoms with van der Waals surface area (Å²) in [6.45, 7) is 4.86. The van der Waals surface area contributed by atoms with Crippen molar-refractivity contribution in [1.82, 2.24) is 10.6 Å². The number of ether oxygens (including phenoxy) is 2. The van der Waals surface area contributed by atoms with Crippen LogP contribution in [0.25, 0.3) is 0 Å². The first-order valence-electron chi connectivity index (χ1n) is 10.6. The van der Waals surface area contributed by atoms with Crippen LogP contribution in [0.15, 0.2) is 48.5 Å². The van der Waals surface area contributed by atoms with Crippen LogP contribution in [0.5, 0.6) is 0 Å². The topological polar surface area (TPSA) is 59.6 Å². The predicted octanol–water partition coefficient (Wildman–Crippen LogP) is 3.91. The molecule has 0 bridgehead atoms. The summed E-state index contributed by atoms with van der Waals surface area (Å²) in [7, 11) is 0. The molecule has 0 unspecified atom stereocenters. The van der Waals surface area contributed by atoms with Crippen LogP contribution < -0.4 is 10.6 Å². The highest BCUT2D eigenvalue weighted by Crippen LogP contribution is 2.32. The lowest BCUT2D eigenvalue weighted by Gasteiger charge is -2.22. The Balaban J connectivity index is 1.24. The average Bonchev–Trinajstić information content (AvgIpc) is 3.07. The van der Waals surface area contributed by atoms with Crippen molar-refractivity contribution in [3.63, 3.8) is 0 Å². The Hall–Kier alpha value is -2.37. The van der Waals surface area contributed by atoms with Gasteiger partial charge in [-0.25, -0.2) is 4.79 Å².